The van der Waals surface area contributed by atoms with Crippen LogP contribution >= 0.6 is 0 Å². The average Bonchev–Trinajstić information content (AvgIpc) is 2.17. The molecule has 1 aromatic heterocycles. The Morgan fingerprint density at radius 1 is 1.36 bits per heavy atom. The molecule has 1 aromatic carbocycles. The first kappa shape index (κ1) is 8.50. The SMILES string of the molecule is N=C(N)c1ccc2c(=O)cc[nH]c2c1. The molecular weight excluding hydrogens is 178 g/mol. The third-order valence-corrected chi connectivity index (χ3v) is 2.07. The fourth-order valence-corrected chi connectivity index (χ4v) is 1.34. The number of nitrogens with two attached hydrogens (primary N) is 1. The smallest absolute Gasteiger partial charge is 0.189 e. The number of pyridine rings is 1. The summed E-state index contributed by atoms with van der Waals surface area (Å²) in [5.74, 6) is -0.00315. The summed E-state index contributed by atoms with van der Waals surface area (Å²) >= 11 is 0. The van der Waals surface area contributed by atoms with Gasteiger partial charge in [0.25, 0.3) is 0 Å². The zero-order valence-corrected chi connectivity index (χ0v) is 7.37. The Bertz CT molecular complexity index is 557. The molecule has 0 bridgehead atoms. The normalized spacial score (nSPS) is 10.3. The van der Waals surface area contributed by atoms with Gasteiger partial charge in [0.05, 0.1) is 0 Å². The standard InChI is InChI=1S/C10H9N3O/c11-10(12)6-1-2-7-8(5-6)13-4-3-9(7)14/h1-5H,(H3,11,12)(H,13,14). The van der Waals surface area contributed by atoms with E-state index in [4.69, 9.17) is 11.1 Å². The first-order valence-electron chi connectivity index (χ1n) is 4.14. The summed E-state index contributed by atoms with van der Waals surface area (Å²) in [6, 6.07) is 6.50. The van der Waals surface area contributed by atoms with E-state index < -0.39 is 0 Å². The Kier molecular flexibility index (Phi) is 1.81. The highest BCUT2D eigenvalue weighted by Crippen LogP contribution is 2.08. The van der Waals surface area contributed by atoms with Gasteiger partial charge >= 0.3 is 0 Å². The molecule has 0 unspecified atom stereocenters. The van der Waals surface area contributed by atoms with Crippen LogP contribution < -0.4 is 11.2 Å². The predicted octanol–water partition coefficient (Wildman–Crippen LogP) is 0.812. The molecule has 0 aliphatic heterocycles. The molecule has 0 saturated heterocycles. The van der Waals surface area contributed by atoms with Crippen molar-refractivity contribution in [1.29, 1.82) is 5.41 Å². The van der Waals surface area contributed by atoms with Crippen molar-refractivity contribution in [2.75, 3.05) is 0 Å². The molecule has 0 atom stereocenters. The van der Waals surface area contributed by atoms with E-state index in [1.54, 1.807) is 24.4 Å². The molecule has 1 heterocycles. The molecule has 4 N–H and O–H groups in total. The molecule has 0 aliphatic rings. The van der Waals surface area contributed by atoms with Crippen LogP contribution in [-0.4, -0.2) is 10.8 Å². The maximum Gasteiger partial charge on any atom is 0.189 e. The van der Waals surface area contributed by atoms with Gasteiger partial charge < -0.3 is 10.7 Å². The Hall–Kier alpha value is -2.10. The number of H-pyrrole nitrogens is 1. The lowest BCUT2D eigenvalue weighted by Crippen LogP contribution is -2.11. The fraction of sp³-hybridized carbons (Fsp3) is 0. The number of benzene rings is 1. The molecule has 0 aliphatic carbocycles. The van der Waals surface area contributed by atoms with Crippen molar-refractivity contribution < 1.29 is 0 Å². The number of rotatable bonds is 1. The van der Waals surface area contributed by atoms with Gasteiger partial charge in [-0.3, -0.25) is 10.2 Å². The van der Waals surface area contributed by atoms with Crippen LogP contribution in [0, 0.1) is 5.41 Å². The molecule has 0 spiro atoms. The molecule has 14 heavy (non-hydrogen) atoms. The minimum absolute atomic E-state index is 0.00315. The van der Waals surface area contributed by atoms with Gasteiger partial charge in [0, 0.05) is 28.7 Å². The van der Waals surface area contributed by atoms with Crippen LogP contribution in [0.15, 0.2) is 35.3 Å². The van der Waals surface area contributed by atoms with Gasteiger partial charge in [0.1, 0.15) is 5.84 Å². The summed E-state index contributed by atoms with van der Waals surface area (Å²) in [6.45, 7) is 0. The van der Waals surface area contributed by atoms with E-state index in [2.05, 4.69) is 4.98 Å². The van der Waals surface area contributed by atoms with Gasteiger partial charge in [0.2, 0.25) is 0 Å². The number of amidine groups is 1. The molecule has 0 saturated carbocycles. The van der Waals surface area contributed by atoms with Gasteiger partial charge in [-0.25, -0.2) is 0 Å². The highest BCUT2D eigenvalue weighted by molar-refractivity contribution is 5.98. The summed E-state index contributed by atoms with van der Waals surface area (Å²) in [4.78, 5) is 14.3. The molecule has 0 fully saturated rings. The second-order valence-corrected chi connectivity index (χ2v) is 3.02. The van der Waals surface area contributed by atoms with Crippen LogP contribution in [0.2, 0.25) is 0 Å². The van der Waals surface area contributed by atoms with E-state index in [-0.39, 0.29) is 11.3 Å². The Morgan fingerprint density at radius 2 is 2.14 bits per heavy atom. The largest absolute Gasteiger partial charge is 0.384 e. The zero-order valence-electron chi connectivity index (χ0n) is 7.37. The summed E-state index contributed by atoms with van der Waals surface area (Å²) in [6.07, 6.45) is 1.58. The van der Waals surface area contributed by atoms with E-state index in [0.29, 0.717) is 16.5 Å². The Labute approximate surface area is 79.9 Å². The molecule has 4 nitrogen and oxygen atoms in total. The molecule has 70 valence electrons. The van der Waals surface area contributed by atoms with Gasteiger partial charge in [-0.15, -0.1) is 0 Å². The van der Waals surface area contributed by atoms with Crippen LogP contribution in [-0.2, 0) is 0 Å². The number of hydrogen-bond acceptors (Lipinski definition) is 2. The van der Waals surface area contributed by atoms with Crippen molar-refractivity contribution in [3.63, 3.8) is 0 Å². The molecule has 0 radical (unpaired) electrons. The molecule has 2 rings (SSSR count). The first-order chi connectivity index (χ1) is 6.68. The van der Waals surface area contributed by atoms with Crippen molar-refractivity contribution in [2.45, 2.75) is 0 Å². The second-order valence-electron chi connectivity index (χ2n) is 3.02. The third kappa shape index (κ3) is 1.26. The maximum atomic E-state index is 11.4. The van der Waals surface area contributed by atoms with E-state index in [1.165, 1.54) is 6.07 Å². The maximum absolute atomic E-state index is 11.4. The lowest BCUT2D eigenvalue weighted by molar-refractivity contribution is 1.37. The van der Waals surface area contributed by atoms with Crippen molar-refractivity contribution in [2.24, 2.45) is 5.73 Å². The van der Waals surface area contributed by atoms with Gasteiger partial charge in [-0.2, -0.15) is 0 Å². The summed E-state index contributed by atoms with van der Waals surface area (Å²) in [5, 5.41) is 7.86. The van der Waals surface area contributed by atoms with Gasteiger partial charge in [0.15, 0.2) is 5.43 Å². The van der Waals surface area contributed by atoms with Crippen molar-refractivity contribution in [3.05, 3.63) is 46.2 Å². The number of nitrogen functional groups attached to an aromatic ring is 1. The summed E-state index contributed by atoms with van der Waals surface area (Å²) < 4.78 is 0. The Morgan fingerprint density at radius 3 is 2.86 bits per heavy atom. The first-order valence-corrected chi connectivity index (χ1v) is 4.14. The lowest BCUT2D eigenvalue weighted by atomic mass is 10.1. The molecule has 2 aromatic rings. The van der Waals surface area contributed by atoms with Crippen LogP contribution in [0.1, 0.15) is 5.56 Å². The average molecular weight is 187 g/mol. The number of hydrogen-bond donors (Lipinski definition) is 3. The van der Waals surface area contributed by atoms with Crippen LogP contribution in [0.25, 0.3) is 10.9 Å². The predicted molar refractivity (Wildman–Crippen MR) is 55.6 cm³/mol. The van der Waals surface area contributed by atoms with Crippen LogP contribution in [0.4, 0.5) is 0 Å². The number of aromatic amines is 1. The van der Waals surface area contributed by atoms with E-state index in [9.17, 15) is 4.79 Å². The third-order valence-electron chi connectivity index (χ3n) is 2.07. The second kappa shape index (κ2) is 2.99. The number of fused-ring (bicyclic) bond motifs is 1. The topological polar surface area (TPSA) is 82.7 Å². The highest BCUT2D eigenvalue weighted by Gasteiger charge is 2.00. The number of aromatic nitrogens is 1. The zero-order chi connectivity index (χ0) is 10.1. The van der Waals surface area contributed by atoms with Crippen LogP contribution in [0.5, 0.6) is 0 Å². The van der Waals surface area contributed by atoms with E-state index in [0.717, 1.165) is 0 Å². The molecule has 0 amide bonds. The summed E-state index contributed by atoms with van der Waals surface area (Å²) in [7, 11) is 0. The molecule has 4 heteroatoms. The van der Waals surface area contributed by atoms with Crippen molar-refractivity contribution in [3.8, 4) is 0 Å². The van der Waals surface area contributed by atoms with Crippen molar-refractivity contribution >= 4 is 16.7 Å². The minimum Gasteiger partial charge on any atom is -0.384 e. The lowest BCUT2D eigenvalue weighted by Gasteiger charge is -2.00. The van der Waals surface area contributed by atoms with Gasteiger partial charge in [-0.05, 0) is 12.1 Å². The quantitative estimate of drug-likeness (QED) is 0.456. The monoisotopic (exact) mass is 187 g/mol. The van der Waals surface area contributed by atoms with E-state index in [1.807, 2.05) is 0 Å². The number of nitrogens with one attached hydrogen (secondary N) is 2. The molecular formula is C10H9N3O. The highest BCUT2D eigenvalue weighted by atomic mass is 16.1. The fourth-order valence-electron chi connectivity index (χ4n) is 1.34. The Balaban J connectivity index is 2.80. The van der Waals surface area contributed by atoms with Crippen molar-refractivity contribution in [1.82, 2.24) is 4.98 Å². The van der Waals surface area contributed by atoms with Crippen LogP contribution in [0.3, 0.4) is 0 Å². The minimum atomic E-state index is -0.0335. The van der Waals surface area contributed by atoms with E-state index >= 15 is 0 Å². The van der Waals surface area contributed by atoms with Gasteiger partial charge in [-0.1, -0.05) is 6.07 Å². The summed E-state index contributed by atoms with van der Waals surface area (Å²) in [5.41, 5.74) is 6.61.